The Kier molecular flexibility index (Phi) is 3.56. The van der Waals surface area contributed by atoms with E-state index >= 15 is 0 Å². The molecule has 1 amide bonds. The molecule has 98 valence electrons. The third-order valence-corrected chi connectivity index (χ3v) is 2.55. The molecule has 1 aromatic carbocycles. The standard InChI is InChI=1S/C12H12N4O3/c13-10(17)3-4-14-11-8-2-1-7(12(18)19)5-9(8)15-6-16-11/h1-2,5-6H,3-4H2,(H2,13,17)(H,18,19)(H,14,15,16). The Labute approximate surface area is 108 Å². The van der Waals surface area contributed by atoms with Gasteiger partial charge in [-0.05, 0) is 18.2 Å². The molecule has 0 saturated heterocycles. The van der Waals surface area contributed by atoms with E-state index in [0.717, 1.165) is 0 Å². The molecule has 0 aliphatic carbocycles. The number of hydrogen-bond donors (Lipinski definition) is 3. The van der Waals surface area contributed by atoms with E-state index in [2.05, 4.69) is 15.3 Å². The summed E-state index contributed by atoms with van der Waals surface area (Å²) in [5.41, 5.74) is 5.73. The van der Waals surface area contributed by atoms with Crippen molar-refractivity contribution in [3.8, 4) is 0 Å². The number of nitrogens with two attached hydrogens (primary N) is 1. The number of amides is 1. The maximum Gasteiger partial charge on any atom is 0.335 e. The van der Waals surface area contributed by atoms with Crippen molar-refractivity contribution in [3.63, 3.8) is 0 Å². The zero-order valence-electron chi connectivity index (χ0n) is 9.96. The minimum absolute atomic E-state index is 0.161. The molecule has 0 radical (unpaired) electrons. The second-order valence-electron chi connectivity index (χ2n) is 3.90. The Morgan fingerprint density at radius 1 is 1.32 bits per heavy atom. The molecule has 7 nitrogen and oxygen atoms in total. The van der Waals surface area contributed by atoms with Crippen molar-refractivity contribution < 1.29 is 14.7 Å². The van der Waals surface area contributed by atoms with Crippen LogP contribution in [0.2, 0.25) is 0 Å². The zero-order valence-corrected chi connectivity index (χ0v) is 9.96. The van der Waals surface area contributed by atoms with Crippen molar-refractivity contribution >= 4 is 28.6 Å². The highest BCUT2D eigenvalue weighted by Crippen LogP contribution is 2.20. The monoisotopic (exact) mass is 260 g/mol. The molecule has 0 aliphatic rings. The quantitative estimate of drug-likeness (QED) is 0.725. The first-order valence-corrected chi connectivity index (χ1v) is 5.58. The minimum Gasteiger partial charge on any atom is -0.478 e. The van der Waals surface area contributed by atoms with Crippen molar-refractivity contribution in [1.29, 1.82) is 0 Å². The van der Waals surface area contributed by atoms with Crippen LogP contribution in [0.25, 0.3) is 10.9 Å². The zero-order chi connectivity index (χ0) is 13.8. The topological polar surface area (TPSA) is 118 Å². The van der Waals surface area contributed by atoms with Gasteiger partial charge in [0.25, 0.3) is 0 Å². The summed E-state index contributed by atoms with van der Waals surface area (Å²) in [4.78, 5) is 29.6. The molecule has 0 atom stereocenters. The van der Waals surface area contributed by atoms with E-state index in [9.17, 15) is 9.59 Å². The van der Waals surface area contributed by atoms with Crippen LogP contribution in [0.4, 0.5) is 5.82 Å². The fraction of sp³-hybridized carbons (Fsp3) is 0.167. The first kappa shape index (κ1) is 12.7. The fourth-order valence-corrected chi connectivity index (χ4v) is 1.64. The van der Waals surface area contributed by atoms with E-state index in [1.54, 1.807) is 6.07 Å². The Hall–Kier alpha value is -2.70. The van der Waals surface area contributed by atoms with E-state index in [1.807, 2.05) is 0 Å². The van der Waals surface area contributed by atoms with Gasteiger partial charge in [-0.15, -0.1) is 0 Å². The first-order valence-electron chi connectivity index (χ1n) is 5.58. The number of nitrogens with zero attached hydrogens (tertiary/aromatic N) is 2. The third kappa shape index (κ3) is 2.95. The second-order valence-corrected chi connectivity index (χ2v) is 3.90. The van der Waals surface area contributed by atoms with Crippen LogP contribution in [0, 0.1) is 0 Å². The number of rotatable bonds is 5. The average molecular weight is 260 g/mol. The molecule has 7 heteroatoms. The van der Waals surface area contributed by atoms with Crippen molar-refractivity contribution in [2.75, 3.05) is 11.9 Å². The maximum atomic E-state index is 10.9. The highest BCUT2D eigenvalue weighted by molar-refractivity contribution is 5.96. The van der Waals surface area contributed by atoms with Crippen molar-refractivity contribution in [3.05, 3.63) is 30.1 Å². The lowest BCUT2D eigenvalue weighted by Crippen LogP contribution is -2.16. The molecule has 2 rings (SSSR count). The number of carboxylic acids is 1. The molecule has 0 bridgehead atoms. The lowest BCUT2D eigenvalue weighted by Gasteiger charge is -2.07. The number of primary amides is 1. The van der Waals surface area contributed by atoms with Gasteiger partial charge in [-0.2, -0.15) is 0 Å². The van der Waals surface area contributed by atoms with Crippen molar-refractivity contribution in [1.82, 2.24) is 9.97 Å². The van der Waals surface area contributed by atoms with Gasteiger partial charge >= 0.3 is 5.97 Å². The molecule has 0 spiro atoms. The number of anilines is 1. The first-order chi connectivity index (χ1) is 9.08. The molecule has 0 fully saturated rings. The summed E-state index contributed by atoms with van der Waals surface area (Å²) < 4.78 is 0. The van der Waals surface area contributed by atoms with Crippen LogP contribution in [0.15, 0.2) is 24.5 Å². The summed E-state index contributed by atoms with van der Waals surface area (Å²) in [5, 5.41) is 12.6. The molecule has 0 saturated carbocycles. The van der Waals surface area contributed by atoms with Gasteiger partial charge in [-0.1, -0.05) is 0 Å². The molecule has 1 aromatic heterocycles. The van der Waals surface area contributed by atoms with E-state index < -0.39 is 11.9 Å². The number of carbonyl (C=O) groups excluding carboxylic acids is 1. The lowest BCUT2D eigenvalue weighted by molar-refractivity contribution is -0.117. The molecular formula is C12H12N4O3. The maximum absolute atomic E-state index is 10.9. The van der Waals surface area contributed by atoms with Crippen LogP contribution < -0.4 is 11.1 Å². The molecule has 0 unspecified atom stereocenters. The van der Waals surface area contributed by atoms with Crippen LogP contribution in [-0.2, 0) is 4.79 Å². The number of carbonyl (C=O) groups is 2. The Morgan fingerprint density at radius 3 is 2.79 bits per heavy atom. The molecule has 4 N–H and O–H groups in total. The number of hydrogen-bond acceptors (Lipinski definition) is 5. The number of aromatic nitrogens is 2. The van der Waals surface area contributed by atoms with E-state index in [4.69, 9.17) is 10.8 Å². The lowest BCUT2D eigenvalue weighted by atomic mass is 10.1. The van der Waals surface area contributed by atoms with Gasteiger partial charge in [0.15, 0.2) is 0 Å². The Bertz CT molecular complexity index is 642. The van der Waals surface area contributed by atoms with Gasteiger partial charge < -0.3 is 16.2 Å². The summed E-state index contributed by atoms with van der Waals surface area (Å²) in [6.45, 7) is 0.363. The minimum atomic E-state index is -1.01. The van der Waals surface area contributed by atoms with Gasteiger partial charge in [-0.3, -0.25) is 4.79 Å². The van der Waals surface area contributed by atoms with E-state index in [-0.39, 0.29) is 12.0 Å². The van der Waals surface area contributed by atoms with Crippen molar-refractivity contribution in [2.45, 2.75) is 6.42 Å². The van der Waals surface area contributed by atoms with Gasteiger partial charge in [0, 0.05) is 18.4 Å². The smallest absolute Gasteiger partial charge is 0.335 e. The van der Waals surface area contributed by atoms with Crippen molar-refractivity contribution in [2.24, 2.45) is 5.73 Å². The van der Waals surface area contributed by atoms with Gasteiger partial charge in [0.05, 0.1) is 11.1 Å². The van der Waals surface area contributed by atoms with Crippen LogP contribution in [0.1, 0.15) is 16.8 Å². The van der Waals surface area contributed by atoms with Gasteiger partial charge in [0.2, 0.25) is 5.91 Å². The summed E-state index contributed by atoms with van der Waals surface area (Å²) >= 11 is 0. The number of benzene rings is 1. The normalized spacial score (nSPS) is 10.3. The predicted octanol–water partition coefficient (Wildman–Crippen LogP) is 0.615. The molecule has 0 aliphatic heterocycles. The summed E-state index contributed by atoms with van der Waals surface area (Å²) in [6, 6.07) is 4.58. The summed E-state index contributed by atoms with van der Waals surface area (Å²) in [7, 11) is 0. The Balaban J connectivity index is 2.30. The van der Waals surface area contributed by atoms with E-state index in [0.29, 0.717) is 23.3 Å². The predicted molar refractivity (Wildman–Crippen MR) is 68.8 cm³/mol. The Morgan fingerprint density at radius 2 is 2.11 bits per heavy atom. The van der Waals surface area contributed by atoms with Crippen LogP contribution in [0.3, 0.4) is 0 Å². The number of nitrogens with one attached hydrogen (secondary N) is 1. The molecule has 1 heterocycles. The number of aromatic carboxylic acids is 1. The SMILES string of the molecule is NC(=O)CCNc1ncnc2cc(C(=O)O)ccc12. The highest BCUT2D eigenvalue weighted by atomic mass is 16.4. The van der Waals surface area contributed by atoms with Crippen LogP contribution in [-0.4, -0.2) is 33.5 Å². The molecular weight excluding hydrogens is 248 g/mol. The average Bonchev–Trinajstić information content (AvgIpc) is 2.37. The third-order valence-electron chi connectivity index (χ3n) is 2.55. The van der Waals surface area contributed by atoms with Gasteiger partial charge in [0.1, 0.15) is 12.1 Å². The molecule has 19 heavy (non-hydrogen) atoms. The van der Waals surface area contributed by atoms with E-state index in [1.165, 1.54) is 18.5 Å². The number of carboxylic acid groups (broad SMARTS) is 1. The van der Waals surface area contributed by atoms with Crippen LogP contribution >= 0.6 is 0 Å². The fourth-order valence-electron chi connectivity index (χ4n) is 1.64. The summed E-state index contributed by atoms with van der Waals surface area (Å²) in [5.74, 6) is -0.869. The highest BCUT2D eigenvalue weighted by Gasteiger charge is 2.08. The second kappa shape index (κ2) is 5.30. The van der Waals surface area contributed by atoms with Gasteiger partial charge in [-0.25, -0.2) is 14.8 Å². The summed E-state index contributed by atoms with van der Waals surface area (Å²) in [6.07, 6.45) is 1.53. The molecule has 2 aromatic rings. The largest absolute Gasteiger partial charge is 0.478 e. The number of fused-ring (bicyclic) bond motifs is 1. The van der Waals surface area contributed by atoms with Crippen LogP contribution in [0.5, 0.6) is 0 Å².